The minimum Gasteiger partial charge on any atom is -0.373 e. The Morgan fingerprint density at radius 3 is 2.63 bits per heavy atom. The summed E-state index contributed by atoms with van der Waals surface area (Å²) in [5.74, 6) is 0. The van der Waals surface area contributed by atoms with Crippen molar-refractivity contribution in [3.8, 4) is 0 Å². The van der Waals surface area contributed by atoms with Crippen LogP contribution in [0.25, 0.3) is 0 Å². The number of hydrogen-bond donors (Lipinski definition) is 1. The van der Waals surface area contributed by atoms with Gasteiger partial charge in [0.2, 0.25) is 0 Å². The van der Waals surface area contributed by atoms with Gasteiger partial charge in [-0.05, 0) is 46.1 Å². The van der Waals surface area contributed by atoms with Crippen LogP contribution in [0.15, 0.2) is 0 Å². The molecular formula is C15H29N3O. The van der Waals surface area contributed by atoms with Gasteiger partial charge in [-0.15, -0.1) is 0 Å². The van der Waals surface area contributed by atoms with Gasteiger partial charge in [0.1, 0.15) is 0 Å². The van der Waals surface area contributed by atoms with E-state index in [9.17, 15) is 0 Å². The van der Waals surface area contributed by atoms with E-state index in [4.69, 9.17) is 10.5 Å². The Morgan fingerprint density at radius 2 is 1.95 bits per heavy atom. The van der Waals surface area contributed by atoms with Crippen LogP contribution < -0.4 is 5.73 Å². The number of nitrogens with zero attached hydrogens (tertiary/aromatic N) is 2. The molecule has 3 fully saturated rings. The number of hydrogen-bond acceptors (Lipinski definition) is 4. The molecular weight excluding hydrogens is 238 g/mol. The van der Waals surface area contributed by atoms with Crippen LogP contribution in [0, 0.1) is 0 Å². The predicted octanol–water partition coefficient (Wildman–Crippen LogP) is 1.05. The average molecular weight is 267 g/mol. The molecule has 0 amide bonds. The first-order valence-electron chi connectivity index (χ1n) is 7.97. The molecule has 110 valence electrons. The third kappa shape index (κ3) is 2.56. The summed E-state index contributed by atoms with van der Waals surface area (Å²) < 4.78 is 5.89. The Bertz CT molecular complexity index is 315. The summed E-state index contributed by atoms with van der Waals surface area (Å²) in [6, 6.07) is 0.783. The maximum Gasteiger partial charge on any atom is 0.0678 e. The van der Waals surface area contributed by atoms with Crippen LogP contribution in [-0.4, -0.2) is 66.3 Å². The van der Waals surface area contributed by atoms with Gasteiger partial charge < -0.3 is 15.4 Å². The monoisotopic (exact) mass is 267 g/mol. The molecule has 0 radical (unpaired) electrons. The SMILES string of the molecule is CC1CN(C2(CN)CCN3CCCC3C2)CC(C)O1. The topological polar surface area (TPSA) is 41.7 Å². The highest BCUT2D eigenvalue weighted by molar-refractivity contribution is 5.03. The molecule has 0 aliphatic carbocycles. The first-order chi connectivity index (χ1) is 9.13. The lowest BCUT2D eigenvalue weighted by atomic mass is 9.81. The Labute approximate surface area is 117 Å². The van der Waals surface area contributed by atoms with Crippen molar-refractivity contribution in [3.05, 3.63) is 0 Å². The molecule has 0 aromatic heterocycles. The maximum atomic E-state index is 6.24. The molecule has 19 heavy (non-hydrogen) atoms. The third-order valence-corrected chi connectivity index (χ3v) is 5.45. The van der Waals surface area contributed by atoms with Crippen LogP contribution in [0.4, 0.5) is 0 Å². The second-order valence-electron chi connectivity index (χ2n) is 6.88. The number of fused-ring (bicyclic) bond motifs is 1. The molecule has 0 saturated carbocycles. The molecule has 4 nitrogen and oxygen atoms in total. The summed E-state index contributed by atoms with van der Waals surface area (Å²) in [6.45, 7) is 9.83. The van der Waals surface area contributed by atoms with Crippen molar-refractivity contribution in [1.82, 2.24) is 9.80 Å². The molecule has 4 atom stereocenters. The Hall–Kier alpha value is -0.160. The van der Waals surface area contributed by atoms with Gasteiger partial charge in [-0.1, -0.05) is 0 Å². The van der Waals surface area contributed by atoms with Gasteiger partial charge in [0.05, 0.1) is 12.2 Å². The zero-order chi connectivity index (χ0) is 13.5. The van der Waals surface area contributed by atoms with Gasteiger partial charge in [-0.2, -0.15) is 0 Å². The number of ether oxygens (including phenoxy) is 1. The van der Waals surface area contributed by atoms with Crippen molar-refractivity contribution >= 4 is 0 Å². The van der Waals surface area contributed by atoms with E-state index in [0.29, 0.717) is 12.2 Å². The minimum absolute atomic E-state index is 0.234. The van der Waals surface area contributed by atoms with Gasteiger partial charge in [0, 0.05) is 37.8 Å². The summed E-state index contributed by atoms with van der Waals surface area (Å²) in [5, 5.41) is 0. The number of nitrogens with two attached hydrogens (primary N) is 1. The van der Waals surface area contributed by atoms with Gasteiger partial charge in [0.25, 0.3) is 0 Å². The van der Waals surface area contributed by atoms with E-state index in [-0.39, 0.29) is 5.54 Å². The van der Waals surface area contributed by atoms with E-state index in [0.717, 1.165) is 25.7 Å². The van der Waals surface area contributed by atoms with Gasteiger partial charge in [-0.25, -0.2) is 0 Å². The van der Waals surface area contributed by atoms with E-state index in [1.54, 1.807) is 0 Å². The minimum atomic E-state index is 0.234. The van der Waals surface area contributed by atoms with Crippen LogP contribution in [0.3, 0.4) is 0 Å². The Kier molecular flexibility index (Phi) is 3.87. The molecule has 4 unspecified atom stereocenters. The number of piperidine rings is 1. The van der Waals surface area contributed by atoms with E-state index in [1.165, 1.54) is 38.8 Å². The predicted molar refractivity (Wildman–Crippen MR) is 77.2 cm³/mol. The average Bonchev–Trinajstić information content (AvgIpc) is 2.84. The van der Waals surface area contributed by atoms with E-state index < -0.39 is 0 Å². The zero-order valence-corrected chi connectivity index (χ0v) is 12.5. The quantitative estimate of drug-likeness (QED) is 0.812. The number of morpholine rings is 1. The fourth-order valence-corrected chi connectivity index (χ4v) is 4.48. The maximum absolute atomic E-state index is 6.24. The molecule has 3 aliphatic rings. The molecule has 3 aliphatic heterocycles. The van der Waals surface area contributed by atoms with Crippen LogP contribution in [0.2, 0.25) is 0 Å². The molecule has 3 heterocycles. The normalized spacial score (nSPS) is 45.3. The smallest absolute Gasteiger partial charge is 0.0678 e. The van der Waals surface area contributed by atoms with Gasteiger partial charge in [-0.3, -0.25) is 4.90 Å². The molecule has 0 bridgehead atoms. The van der Waals surface area contributed by atoms with Crippen LogP contribution >= 0.6 is 0 Å². The van der Waals surface area contributed by atoms with Crippen LogP contribution in [0.5, 0.6) is 0 Å². The summed E-state index contributed by atoms with van der Waals surface area (Å²) in [5.41, 5.74) is 6.48. The summed E-state index contributed by atoms with van der Waals surface area (Å²) in [4.78, 5) is 5.34. The van der Waals surface area contributed by atoms with Crippen molar-refractivity contribution in [2.75, 3.05) is 32.7 Å². The van der Waals surface area contributed by atoms with Crippen molar-refractivity contribution < 1.29 is 4.74 Å². The Morgan fingerprint density at radius 1 is 1.21 bits per heavy atom. The number of rotatable bonds is 2. The third-order valence-electron chi connectivity index (χ3n) is 5.45. The zero-order valence-electron chi connectivity index (χ0n) is 12.5. The lowest BCUT2D eigenvalue weighted by Gasteiger charge is -2.53. The molecule has 0 aromatic carbocycles. The summed E-state index contributed by atoms with van der Waals surface area (Å²) in [6.07, 6.45) is 5.93. The lowest BCUT2D eigenvalue weighted by Crippen LogP contribution is -2.65. The van der Waals surface area contributed by atoms with Crippen LogP contribution in [-0.2, 0) is 4.74 Å². The molecule has 2 N–H and O–H groups in total. The van der Waals surface area contributed by atoms with E-state index in [1.807, 2.05) is 0 Å². The molecule has 3 saturated heterocycles. The lowest BCUT2D eigenvalue weighted by molar-refractivity contribution is -0.115. The van der Waals surface area contributed by atoms with Gasteiger partial charge in [0.15, 0.2) is 0 Å². The Balaban J connectivity index is 1.75. The highest BCUT2D eigenvalue weighted by Gasteiger charge is 2.45. The van der Waals surface area contributed by atoms with Crippen molar-refractivity contribution in [3.63, 3.8) is 0 Å². The molecule has 4 heteroatoms. The van der Waals surface area contributed by atoms with E-state index in [2.05, 4.69) is 23.6 Å². The largest absolute Gasteiger partial charge is 0.373 e. The summed E-state index contributed by atoms with van der Waals surface area (Å²) in [7, 11) is 0. The fraction of sp³-hybridized carbons (Fsp3) is 1.00. The van der Waals surface area contributed by atoms with Crippen molar-refractivity contribution in [2.24, 2.45) is 5.73 Å². The molecule has 0 spiro atoms. The summed E-state index contributed by atoms with van der Waals surface area (Å²) >= 11 is 0. The molecule has 3 rings (SSSR count). The highest BCUT2D eigenvalue weighted by atomic mass is 16.5. The van der Waals surface area contributed by atoms with Gasteiger partial charge >= 0.3 is 0 Å². The second kappa shape index (κ2) is 5.32. The highest BCUT2D eigenvalue weighted by Crippen LogP contribution is 2.37. The fourth-order valence-electron chi connectivity index (χ4n) is 4.48. The standard InChI is InChI=1S/C15H29N3O/c1-12-9-18(10-13(2)19-12)15(11-16)5-7-17-6-3-4-14(17)8-15/h12-14H,3-11,16H2,1-2H3. The van der Waals surface area contributed by atoms with Crippen molar-refractivity contribution in [1.29, 1.82) is 0 Å². The van der Waals surface area contributed by atoms with E-state index >= 15 is 0 Å². The first kappa shape index (κ1) is 13.8. The second-order valence-corrected chi connectivity index (χ2v) is 6.88. The first-order valence-corrected chi connectivity index (χ1v) is 7.97. The van der Waals surface area contributed by atoms with Crippen LogP contribution in [0.1, 0.15) is 39.5 Å². The molecule has 0 aromatic rings. The van der Waals surface area contributed by atoms with Crippen molar-refractivity contribution in [2.45, 2.75) is 63.3 Å².